The third-order valence-corrected chi connectivity index (χ3v) is 9.80. The minimum atomic E-state index is -4.32. The summed E-state index contributed by atoms with van der Waals surface area (Å²) in [5.74, 6) is -0.199. The zero-order chi connectivity index (χ0) is 34.0. The second kappa shape index (κ2) is 16.3. The van der Waals surface area contributed by atoms with Crippen LogP contribution in [0.25, 0.3) is 0 Å². The van der Waals surface area contributed by atoms with Crippen molar-refractivity contribution >= 4 is 39.1 Å². The summed E-state index contributed by atoms with van der Waals surface area (Å²) < 4.78 is 40.4. The van der Waals surface area contributed by atoms with Gasteiger partial charge < -0.3 is 19.7 Å². The highest BCUT2D eigenvalue weighted by Crippen LogP contribution is 2.33. The first kappa shape index (κ1) is 35.3. The van der Waals surface area contributed by atoms with Crippen LogP contribution >= 0.6 is 11.6 Å². The normalized spacial score (nSPS) is 12.4. The summed E-state index contributed by atoms with van der Waals surface area (Å²) in [5, 5.41) is 3.50. The van der Waals surface area contributed by atoms with E-state index in [0.29, 0.717) is 22.8 Å². The molecule has 4 aromatic rings. The van der Waals surface area contributed by atoms with Crippen molar-refractivity contribution in [3.05, 3.63) is 119 Å². The average molecular weight is 678 g/mol. The Bertz CT molecular complexity index is 1750. The van der Waals surface area contributed by atoms with Gasteiger partial charge in [-0.2, -0.15) is 0 Å². The van der Waals surface area contributed by atoms with E-state index in [1.54, 1.807) is 42.5 Å². The van der Waals surface area contributed by atoms with Gasteiger partial charge in [-0.1, -0.05) is 73.1 Å². The summed E-state index contributed by atoms with van der Waals surface area (Å²) in [5.41, 5.74) is 1.70. The quantitative estimate of drug-likeness (QED) is 0.163. The topological polar surface area (TPSA) is 105 Å². The number of methoxy groups -OCH3 is 2. The zero-order valence-corrected chi connectivity index (χ0v) is 28.5. The van der Waals surface area contributed by atoms with Crippen LogP contribution < -0.4 is 19.1 Å². The number of benzene rings is 4. The zero-order valence-electron chi connectivity index (χ0n) is 26.9. The van der Waals surface area contributed by atoms with Crippen molar-refractivity contribution in [3.63, 3.8) is 0 Å². The average Bonchev–Trinajstić information content (AvgIpc) is 3.08. The number of nitrogens with one attached hydrogen (secondary N) is 1. The van der Waals surface area contributed by atoms with Crippen LogP contribution in [0.3, 0.4) is 0 Å². The fraction of sp³-hybridized carbons (Fsp3) is 0.278. The molecule has 47 heavy (non-hydrogen) atoms. The van der Waals surface area contributed by atoms with Crippen molar-refractivity contribution in [1.82, 2.24) is 10.2 Å². The summed E-state index contributed by atoms with van der Waals surface area (Å²) in [4.78, 5) is 30.0. The molecule has 0 aliphatic rings. The Morgan fingerprint density at radius 1 is 0.851 bits per heavy atom. The number of anilines is 1. The molecule has 248 valence electrons. The number of carbonyl (C=O) groups excluding carboxylic acids is 2. The van der Waals surface area contributed by atoms with Crippen LogP contribution in [0, 0.1) is 0 Å². The lowest BCUT2D eigenvalue weighted by Gasteiger charge is -2.34. The molecule has 0 aliphatic heterocycles. The van der Waals surface area contributed by atoms with E-state index in [-0.39, 0.29) is 41.2 Å². The molecule has 11 heteroatoms. The van der Waals surface area contributed by atoms with E-state index in [0.717, 1.165) is 9.87 Å². The van der Waals surface area contributed by atoms with Crippen molar-refractivity contribution in [2.24, 2.45) is 0 Å². The third kappa shape index (κ3) is 9.05. The fourth-order valence-electron chi connectivity index (χ4n) is 5.05. The Labute approximate surface area is 282 Å². The Balaban J connectivity index is 1.84. The van der Waals surface area contributed by atoms with Gasteiger partial charge in [0.1, 0.15) is 24.1 Å². The third-order valence-electron chi connectivity index (χ3n) is 7.79. The highest BCUT2D eigenvalue weighted by Gasteiger charge is 2.35. The van der Waals surface area contributed by atoms with Gasteiger partial charge in [-0.05, 0) is 73.0 Å². The van der Waals surface area contributed by atoms with E-state index in [1.807, 2.05) is 50.2 Å². The first-order chi connectivity index (χ1) is 22.6. The molecule has 0 fully saturated rings. The second-order valence-corrected chi connectivity index (χ2v) is 13.3. The molecule has 0 unspecified atom stereocenters. The lowest BCUT2D eigenvalue weighted by Crippen LogP contribution is -2.54. The van der Waals surface area contributed by atoms with Crippen LogP contribution in [-0.2, 0) is 32.6 Å². The lowest BCUT2D eigenvalue weighted by molar-refractivity contribution is -0.140. The van der Waals surface area contributed by atoms with Crippen LogP contribution in [0.4, 0.5) is 5.69 Å². The molecule has 0 bridgehead atoms. The molecule has 2 atom stereocenters. The first-order valence-corrected chi connectivity index (χ1v) is 17.1. The Morgan fingerprint density at radius 2 is 1.51 bits per heavy atom. The number of carbonyl (C=O) groups is 2. The largest absolute Gasteiger partial charge is 0.497 e. The molecular weight excluding hydrogens is 638 g/mol. The summed E-state index contributed by atoms with van der Waals surface area (Å²) in [7, 11) is -1.40. The molecule has 0 spiro atoms. The number of rotatable bonds is 15. The molecule has 1 N–H and O–H groups in total. The van der Waals surface area contributed by atoms with Crippen LogP contribution in [0.5, 0.6) is 11.5 Å². The monoisotopic (exact) mass is 677 g/mol. The molecular formula is C36H40ClN3O6S. The predicted octanol–water partition coefficient (Wildman–Crippen LogP) is 6.11. The van der Waals surface area contributed by atoms with Gasteiger partial charge in [0.15, 0.2) is 0 Å². The van der Waals surface area contributed by atoms with Crippen molar-refractivity contribution in [2.45, 2.75) is 50.2 Å². The summed E-state index contributed by atoms with van der Waals surface area (Å²) in [6.45, 7) is 3.25. The standard InChI is InChI=1S/C36H40ClN3O6S/c1-5-26(2)38-36(42)33(23-27-12-7-6-8-13-27)39(24-28-14-11-15-29(37)22-28)35(41)25-40(32-16-9-10-17-34(32)46-4)47(43,44)31-20-18-30(45-3)19-21-31/h6-22,26,33H,5,23-25H2,1-4H3,(H,38,42)/t26-,33+/m0/s1. The Kier molecular flexibility index (Phi) is 12.3. The van der Waals surface area contributed by atoms with Crippen molar-refractivity contribution in [3.8, 4) is 11.5 Å². The van der Waals surface area contributed by atoms with Gasteiger partial charge in [0.05, 0.1) is 24.8 Å². The minimum absolute atomic E-state index is 0.00711. The van der Waals surface area contributed by atoms with Gasteiger partial charge in [0.2, 0.25) is 11.8 Å². The second-order valence-electron chi connectivity index (χ2n) is 11.0. The van der Waals surface area contributed by atoms with Crippen molar-refractivity contribution in [2.75, 3.05) is 25.1 Å². The summed E-state index contributed by atoms with van der Waals surface area (Å²) >= 11 is 6.32. The molecule has 0 aromatic heterocycles. The first-order valence-electron chi connectivity index (χ1n) is 15.2. The molecule has 9 nitrogen and oxygen atoms in total. The Hall–Kier alpha value is -4.54. The SMILES string of the molecule is CC[C@H](C)NC(=O)[C@@H](Cc1ccccc1)N(Cc1cccc(Cl)c1)C(=O)CN(c1ccccc1OC)S(=O)(=O)c1ccc(OC)cc1. The number of ether oxygens (including phenoxy) is 2. The summed E-state index contributed by atoms with van der Waals surface area (Å²) in [6, 6.07) is 27.8. The maximum absolute atomic E-state index is 14.6. The van der Waals surface area contributed by atoms with Gasteiger partial charge >= 0.3 is 0 Å². The van der Waals surface area contributed by atoms with Gasteiger partial charge in [0.25, 0.3) is 10.0 Å². The molecule has 4 rings (SSSR count). The maximum atomic E-state index is 14.6. The number of hydrogen-bond donors (Lipinski definition) is 1. The van der Waals surface area contributed by atoms with E-state index in [2.05, 4.69) is 5.32 Å². The predicted molar refractivity (Wildman–Crippen MR) is 184 cm³/mol. The van der Waals surface area contributed by atoms with Gasteiger partial charge in [0, 0.05) is 24.0 Å². The number of halogens is 1. The van der Waals surface area contributed by atoms with E-state index in [4.69, 9.17) is 21.1 Å². The molecule has 0 radical (unpaired) electrons. The number of sulfonamides is 1. The van der Waals surface area contributed by atoms with Crippen LogP contribution in [0.1, 0.15) is 31.4 Å². The van der Waals surface area contributed by atoms with Crippen LogP contribution in [0.15, 0.2) is 108 Å². The van der Waals surface area contributed by atoms with Crippen molar-refractivity contribution < 1.29 is 27.5 Å². The number of amides is 2. The number of para-hydroxylation sites is 2. The van der Waals surface area contributed by atoms with E-state index in [1.165, 1.54) is 43.4 Å². The lowest BCUT2D eigenvalue weighted by atomic mass is 10.0. The minimum Gasteiger partial charge on any atom is -0.497 e. The molecule has 0 saturated carbocycles. The van der Waals surface area contributed by atoms with E-state index >= 15 is 0 Å². The van der Waals surface area contributed by atoms with Crippen LogP contribution in [-0.4, -0.2) is 58.0 Å². The highest BCUT2D eigenvalue weighted by molar-refractivity contribution is 7.92. The molecule has 0 saturated heterocycles. The van der Waals surface area contributed by atoms with E-state index < -0.39 is 28.5 Å². The smallest absolute Gasteiger partial charge is 0.264 e. The molecule has 2 amide bonds. The molecule has 0 aliphatic carbocycles. The van der Waals surface area contributed by atoms with Gasteiger partial charge in [-0.3, -0.25) is 13.9 Å². The summed E-state index contributed by atoms with van der Waals surface area (Å²) in [6.07, 6.45) is 0.892. The Morgan fingerprint density at radius 3 is 2.15 bits per heavy atom. The molecule has 4 aromatic carbocycles. The molecule has 0 heterocycles. The number of hydrogen-bond acceptors (Lipinski definition) is 6. The van der Waals surface area contributed by atoms with E-state index in [9.17, 15) is 18.0 Å². The fourth-order valence-corrected chi connectivity index (χ4v) is 6.69. The van der Waals surface area contributed by atoms with Crippen LogP contribution in [0.2, 0.25) is 5.02 Å². The maximum Gasteiger partial charge on any atom is 0.264 e. The van der Waals surface area contributed by atoms with Gasteiger partial charge in [-0.25, -0.2) is 8.42 Å². The van der Waals surface area contributed by atoms with Crippen molar-refractivity contribution in [1.29, 1.82) is 0 Å². The highest BCUT2D eigenvalue weighted by atomic mass is 35.5. The van der Waals surface area contributed by atoms with Gasteiger partial charge in [-0.15, -0.1) is 0 Å². The number of nitrogens with zero attached hydrogens (tertiary/aromatic N) is 2.